The molecule has 0 spiro atoms. The molecule has 78 valence electrons. The molecule has 5 heteroatoms. The van der Waals surface area contributed by atoms with Crippen LogP contribution in [0.1, 0.15) is 25.6 Å². The van der Waals surface area contributed by atoms with E-state index < -0.39 is 5.41 Å². The van der Waals surface area contributed by atoms with Gasteiger partial charge in [0.25, 0.3) is 0 Å². The molecule has 0 bridgehead atoms. The van der Waals surface area contributed by atoms with E-state index in [2.05, 4.69) is 4.98 Å². The largest absolute Gasteiger partial charge is 0.459 e. The number of rotatable bonds is 2. The molecular weight excluding hydrogens is 222 g/mol. The molecule has 0 saturated heterocycles. The van der Waals surface area contributed by atoms with E-state index in [9.17, 15) is 4.79 Å². The van der Waals surface area contributed by atoms with E-state index in [-0.39, 0.29) is 12.6 Å². The van der Waals surface area contributed by atoms with E-state index in [0.29, 0.717) is 4.47 Å². The van der Waals surface area contributed by atoms with E-state index >= 15 is 0 Å². The summed E-state index contributed by atoms with van der Waals surface area (Å²) in [7, 11) is 0. The van der Waals surface area contributed by atoms with Gasteiger partial charge in [0.2, 0.25) is 0 Å². The maximum absolute atomic E-state index is 11.4. The highest BCUT2D eigenvalue weighted by Crippen LogP contribution is 2.20. The van der Waals surface area contributed by atoms with Gasteiger partial charge < -0.3 is 4.74 Å². The number of hydrogen-bond acceptors (Lipinski definition) is 4. The molecule has 0 atom stereocenters. The minimum atomic E-state index is -0.464. The number of aromatic nitrogens is 1. The van der Waals surface area contributed by atoms with Crippen molar-refractivity contribution in [3.63, 3.8) is 0 Å². The molecule has 0 radical (unpaired) electrons. The molecule has 0 aliphatic carbocycles. The zero-order valence-corrected chi connectivity index (χ0v) is 9.91. The topological polar surface area (TPSA) is 39.2 Å². The van der Waals surface area contributed by atoms with Crippen LogP contribution in [0.3, 0.4) is 0 Å². The Hall–Kier alpha value is -0.610. The van der Waals surface area contributed by atoms with Crippen LogP contribution in [0.5, 0.6) is 0 Å². The van der Waals surface area contributed by atoms with Crippen LogP contribution in [0, 0.1) is 5.41 Å². The lowest BCUT2D eigenvalue weighted by Gasteiger charge is -2.15. The minimum Gasteiger partial charge on any atom is -0.459 e. The lowest BCUT2D eigenvalue weighted by molar-refractivity contribution is -0.154. The summed E-state index contributed by atoms with van der Waals surface area (Å²) in [6.45, 7) is 5.69. The standard InChI is InChI=1S/C9H12ClNO2S/c1-9(2,3)7(12)13-5-6-4-11-8(10)14-6/h4H,5H2,1-3H3. The summed E-state index contributed by atoms with van der Waals surface area (Å²) in [5.74, 6) is -0.220. The minimum absolute atomic E-state index is 0.220. The molecule has 0 unspecified atom stereocenters. The Morgan fingerprint density at radius 3 is 2.71 bits per heavy atom. The van der Waals surface area contributed by atoms with E-state index in [0.717, 1.165) is 4.88 Å². The molecule has 3 nitrogen and oxygen atoms in total. The lowest BCUT2D eigenvalue weighted by Crippen LogP contribution is -2.22. The maximum Gasteiger partial charge on any atom is 0.311 e. The van der Waals surface area contributed by atoms with Gasteiger partial charge in [-0.05, 0) is 20.8 Å². The summed E-state index contributed by atoms with van der Waals surface area (Å²) in [5.41, 5.74) is -0.464. The number of carbonyl (C=O) groups is 1. The summed E-state index contributed by atoms with van der Waals surface area (Å²) >= 11 is 6.95. The van der Waals surface area contributed by atoms with Gasteiger partial charge in [-0.15, -0.1) is 11.3 Å². The van der Waals surface area contributed by atoms with E-state index in [1.807, 2.05) is 20.8 Å². The van der Waals surface area contributed by atoms with Gasteiger partial charge in [-0.2, -0.15) is 0 Å². The van der Waals surface area contributed by atoms with Gasteiger partial charge in [0.15, 0.2) is 4.47 Å². The Morgan fingerprint density at radius 1 is 1.64 bits per heavy atom. The third-order valence-corrected chi connectivity index (χ3v) is 2.57. The van der Waals surface area contributed by atoms with Crippen molar-refractivity contribution in [2.75, 3.05) is 0 Å². The first-order valence-electron chi connectivity index (χ1n) is 4.17. The van der Waals surface area contributed by atoms with Crippen LogP contribution in [0.15, 0.2) is 6.20 Å². The van der Waals surface area contributed by atoms with Crippen LogP contribution in [0.2, 0.25) is 4.47 Å². The second kappa shape index (κ2) is 4.28. The van der Waals surface area contributed by atoms with Gasteiger partial charge >= 0.3 is 5.97 Å². The molecule has 0 aromatic carbocycles. The zero-order chi connectivity index (χ0) is 10.8. The molecule has 0 fully saturated rings. The van der Waals surface area contributed by atoms with Crippen molar-refractivity contribution in [1.29, 1.82) is 0 Å². The summed E-state index contributed by atoms with van der Waals surface area (Å²) in [4.78, 5) is 16.1. The molecule has 1 aromatic rings. The van der Waals surface area contributed by atoms with Crippen LogP contribution >= 0.6 is 22.9 Å². The van der Waals surface area contributed by atoms with Crippen molar-refractivity contribution in [2.24, 2.45) is 5.41 Å². The predicted molar refractivity (Wildman–Crippen MR) is 56.4 cm³/mol. The van der Waals surface area contributed by atoms with Crippen LogP contribution in [-0.2, 0) is 16.1 Å². The quantitative estimate of drug-likeness (QED) is 0.738. The summed E-state index contributed by atoms with van der Waals surface area (Å²) in [5, 5.41) is 0. The van der Waals surface area contributed by atoms with Crippen molar-refractivity contribution in [3.8, 4) is 0 Å². The third kappa shape index (κ3) is 3.27. The average Bonchev–Trinajstić information content (AvgIpc) is 2.45. The predicted octanol–water partition coefficient (Wildman–Crippen LogP) is 2.89. The van der Waals surface area contributed by atoms with Crippen LogP contribution in [0.4, 0.5) is 0 Å². The molecule has 14 heavy (non-hydrogen) atoms. The van der Waals surface area contributed by atoms with E-state index in [1.54, 1.807) is 6.20 Å². The highest BCUT2D eigenvalue weighted by Gasteiger charge is 2.23. The first kappa shape index (κ1) is 11.5. The molecule has 0 saturated carbocycles. The Balaban J connectivity index is 2.46. The van der Waals surface area contributed by atoms with Gasteiger partial charge in [-0.25, -0.2) is 4.98 Å². The fourth-order valence-electron chi connectivity index (χ4n) is 0.704. The number of esters is 1. The molecule has 1 rings (SSSR count). The number of ether oxygens (including phenoxy) is 1. The smallest absolute Gasteiger partial charge is 0.311 e. The van der Waals surface area contributed by atoms with E-state index in [4.69, 9.17) is 16.3 Å². The van der Waals surface area contributed by atoms with Crippen molar-refractivity contribution >= 4 is 28.9 Å². The second-order valence-corrected chi connectivity index (χ2v) is 5.60. The fourth-order valence-corrected chi connectivity index (χ4v) is 1.59. The zero-order valence-electron chi connectivity index (χ0n) is 8.33. The Bertz CT molecular complexity index is 330. The van der Waals surface area contributed by atoms with Crippen LogP contribution in [-0.4, -0.2) is 11.0 Å². The van der Waals surface area contributed by atoms with Crippen LogP contribution < -0.4 is 0 Å². The van der Waals surface area contributed by atoms with Crippen molar-refractivity contribution in [3.05, 3.63) is 15.5 Å². The lowest BCUT2D eigenvalue weighted by atomic mass is 9.97. The molecule has 0 aliphatic heterocycles. The Morgan fingerprint density at radius 2 is 2.29 bits per heavy atom. The first-order chi connectivity index (χ1) is 6.39. The molecule has 0 N–H and O–H groups in total. The highest BCUT2D eigenvalue weighted by atomic mass is 35.5. The monoisotopic (exact) mass is 233 g/mol. The van der Waals surface area contributed by atoms with Crippen molar-refractivity contribution in [2.45, 2.75) is 27.4 Å². The number of carbonyl (C=O) groups excluding carboxylic acids is 1. The second-order valence-electron chi connectivity index (χ2n) is 3.91. The maximum atomic E-state index is 11.4. The SMILES string of the molecule is CC(C)(C)C(=O)OCc1cnc(Cl)s1. The summed E-state index contributed by atoms with van der Waals surface area (Å²) < 4.78 is 5.54. The molecule has 0 amide bonds. The molecule has 1 aromatic heterocycles. The Kier molecular flexibility index (Phi) is 3.50. The average molecular weight is 234 g/mol. The Labute approximate surface area is 92.1 Å². The highest BCUT2D eigenvalue weighted by molar-refractivity contribution is 7.15. The summed E-state index contributed by atoms with van der Waals surface area (Å²) in [6, 6.07) is 0. The molecule has 0 aliphatic rings. The van der Waals surface area contributed by atoms with Gasteiger partial charge in [0, 0.05) is 6.20 Å². The van der Waals surface area contributed by atoms with Crippen molar-refractivity contribution < 1.29 is 9.53 Å². The van der Waals surface area contributed by atoms with Gasteiger partial charge in [-0.1, -0.05) is 11.6 Å². The van der Waals surface area contributed by atoms with Crippen molar-refractivity contribution in [1.82, 2.24) is 4.98 Å². The first-order valence-corrected chi connectivity index (χ1v) is 5.36. The van der Waals surface area contributed by atoms with Crippen LogP contribution in [0.25, 0.3) is 0 Å². The molecule has 1 heterocycles. The normalized spacial score (nSPS) is 11.4. The summed E-state index contributed by atoms with van der Waals surface area (Å²) in [6.07, 6.45) is 1.61. The fraction of sp³-hybridized carbons (Fsp3) is 0.556. The van der Waals surface area contributed by atoms with Gasteiger partial charge in [0.1, 0.15) is 6.61 Å². The third-order valence-electron chi connectivity index (χ3n) is 1.48. The van der Waals surface area contributed by atoms with Gasteiger partial charge in [-0.3, -0.25) is 4.79 Å². The molecular formula is C9H12ClNO2S. The van der Waals surface area contributed by atoms with E-state index in [1.165, 1.54) is 11.3 Å². The number of hydrogen-bond donors (Lipinski definition) is 0. The number of halogens is 1. The van der Waals surface area contributed by atoms with Gasteiger partial charge in [0.05, 0.1) is 10.3 Å². The number of thiazole rings is 1. The number of nitrogens with zero attached hydrogens (tertiary/aromatic N) is 1.